The van der Waals surface area contributed by atoms with Gasteiger partial charge in [-0.25, -0.2) is 4.98 Å². The van der Waals surface area contributed by atoms with Gasteiger partial charge < -0.3 is 15.5 Å². The number of nitrogens with one attached hydrogen (secondary N) is 2. The van der Waals surface area contributed by atoms with Crippen LogP contribution in [-0.2, 0) is 4.79 Å². The number of piperidine rings is 1. The fraction of sp³-hybridized carbons (Fsp3) is 0.571. The molecule has 2 N–H and O–H groups in total. The molecule has 0 bridgehead atoms. The fourth-order valence-corrected chi connectivity index (χ4v) is 2.24. The summed E-state index contributed by atoms with van der Waals surface area (Å²) in [7, 11) is 1.83. The molecule has 0 unspecified atom stereocenters. The number of rotatable bonds is 5. The van der Waals surface area contributed by atoms with Gasteiger partial charge in [0.05, 0.1) is 11.9 Å². The van der Waals surface area contributed by atoms with Crippen molar-refractivity contribution in [3.8, 4) is 0 Å². The van der Waals surface area contributed by atoms with E-state index in [4.69, 9.17) is 0 Å². The molecule has 2 heterocycles. The van der Waals surface area contributed by atoms with Gasteiger partial charge in [0, 0.05) is 26.1 Å². The van der Waals surface area contributed by atoms with E-state index >= 15 is 0 Å². The average molecular weight is 262 g/mol. The lowest BCUT2D eigenvalue weighted by Crippen LogP contribution is -2.29. The van der Waals surface area contributed by atoms with Crippen LogP contribution in [0.2, 0.25) is 0 Å². The van der Waals surface area contributed by atoms with Crippen molar-refractivity contribution >= 4 is 17.4 Å². The zero-order valence-electron chi connectivity index (χ0n) is 11.5. The first-order chi connectivity index (χ1) is 9.29. The van der Waals surface area contributed by atoms with Crippen molar-refractivity contribution < 1.29 is 4.79 Å². The average Bonchev–Trinajstić information content (AvgIpc) is 2.47. The maximum Gasteiger partial charge on any atom is 0.226 e. The molecule has 1 saturated heterocycles. The molecule has 2 rings (SSSR count). The van der Waals surface area contributed by atoms with Crippen LogP contribution in [0.3, 0.4) is 0 Å². The van der Waals surface area contributed by atoms with Gasteiger partial charge in [0.2, 0.25) is 5.91 Å². The number of anilines is 2. The Labute approximate surface area is 114 Å². The van der Waals surface area contributed by atoms with Gasteiger partial charge in [-0.2, -0.15) is 0 Å². The first kappa shape index (κ1) is 13.8. The molecule has 104 valence electrons. The van der Waals surface area contributed by atoms with Crippen molar-refractivity contribution in [1.29, 1.82) is 0 Å². The number of nitrogens with zero attached hydrogens (tertiary/aromatic N) is 2. The quantitative estimate of drug-likeness (QED) is 0.846. The Kier molecular flexibility index (Phi) is 5.15. The van der Waals surface area contributed by atoms with E-state index in [1.54, 1.807) is 0 Å². The highest BCUT2D eigenvalue weighted by Crippen LogP contribution is 2.19. The molecule has 1 aliphatic heterocycles. The summed E-state index contributed by atoms with van der Waals surface area (Å²) < 4.78 is 0. The highest BCUT2D eigenvalue weighted by atomic mass is 16.1. The van der Waals surface area contributed by atoms with E-state index in [0.29, 0.717) is 18.8 Å². The molecule has 5 heteroatoms. The fourth-order valence-electron chi connectivity index (χ4n) is 2.24. The maximum atomic E-state index is 11.6. The normalized spacial score (nSPS) is 15.3. The van der Waals surface area contributed by atoms with E-state index < -0.39 is 0 Å². The lowest BCUT2D eigenvalue weighted by molar-refractivity contribution is -0.116. The lowest BCUT2D eigenvalue weighted by atomic mass is 10.1. The summed E-state index contributed by atoms with van der Waals surface area (Å²) in [5, 5.41) is 5.75. The molecule has 1 aliphatic rings. The summed E-state index contributed by atoms with van der Waals surface area (Å²) in [5.41, 5.74) is 1.15. The van der Waals surface area contributed by atoms with Crippen LogP contribution < -0.4 is 15.5 Å². The second-order valence-electron chi connectivity index (χ2n) is 4.85. The van der Waals surface area contributed by atoms with Crippen molar-refractivity contribution in [2.45, 2.75) is 25.7 Å². The first-order valence-electron chi connectivity index (χ1n) is 6.95. The summed E-state index contributed by atoms with van der Waals surface area (Å²) in [5.74, 6) is 0.620. The van der Waals surface area contributed by atoms with E-state index in [1.165, 1.54) is 19.3 Å². The monoisotopic (exact) mass is 262 g/mol. The number of carbonyl (C=O) groups excluding carboxylic acids is 1. The minimum absolute atomic E-state index is 0.00688. The zero-order valence-corrected chi connectivity index (χ0v) is 11.5. The molecular weight excluding hydrogens is 240 g/mol. The van der Waals surface area contributed by atoms with Crippen molar-refractivity contribution in [2.75, 3.05) is 36.9 Å². The van der Waals surface area contributed by atoms with Gasteiger partial charge in [-0.15, -0.1) is 0 Å². The predicted octanol–water partition coefficient (Wildman–Crippen LogP) is 1.62. The molecule has 0 aliphatic carbocycles. The topological polar surface area (TPSA) is 57.3 Å². The maximum absolute atomic E-state index is 11.6. The van der Waals surface area contributed by atoms with E-state index in [9.17, 15) is 4.79 Å². The molecule has 1 amide bonds. The van der Waals surface area contributed by atoms with Crippen LogP contribution in [-0.4, -0.2) is 37.6 Å². The molecule has 0 radical (unpaired) electrons. The zero-order chi connectivity index (χ0) is 13.5. The molecule has 0 spiro atoms. The number of carbonyl (C=O) groups is 1. The van der Waals surface area contributed by atoms with E-state index in [0.717, 1.165) is 18.8 Å². The second kappa shape index (κ2) is 7.09. The van der Waals surface area contributed by atoms with Crippen LogP contribution in [0, 0.1) is 0 Å². The summed E-state index contributed by atoms with van der Waals surface area (Å²) in [6, 6.07) is 3.91. The van der Waals surface area contributed by atoms with Gasteiger partial charge in [0.25, 0.3) is 0 Å². The third kappa shape index (κ3) is 4.21. The highest BCUT2D eigenvalue weighted by molar-refractivity contribution is 5.89. The van der Waals surface area contributed by atoms with Gasteiger partial charge in [-0.05, 0) is 38.4 Å². The first-order valence-corrected chi connectivity index (χ1v) is 6.95. The summed E-state index contributed by atoms with van der Waals surface area (Å²) >= 11 is 0. The summed E-state index contributed by atoms with van der Waals surface area (Å²) in [4.78, 5) is 18.2. The van der Waals surface area contributed by atoms with Crippen molar-refractivity contribution in [2.24, 2.45) is 0 Å². The minimum atomic E-state index is -0.00688. The van der Waals surface area contributed by atoms with Gasteiger partial charge in [0.1, 0.15) is 5.82 Å². The SMILES string of the molecule is CNCCC(=O)Nc1ccc(N2CCCCC2)cn1. The number of pyridine rings is 1. The second-order valence-corrected chi connectivity index (χ2v) is 4.85. The Bertz CT molecular complexity index is 398. The van der Waals surface area contributed by atoms with Crippen LogP contribution in [0.25, 0.3) is 0 Å². The number of aromatic nitrogens is 1. The Morgan fingerprint density at radius 3 is 2.74 bits per heavy atom. The third-order valence-corrected chi connectivity index (χ3v) is 3.34. The van der Waals surface area contributed by atoms with E-state index in [1.807, 2.05) is 25.4 Å². The summed E-state index contributed by atoms with van der Waals surface area (Å²) in [6.07, 6.45) is 6.14. The van der Waals surface area contributed by atoms with Gasteiger partial charge >= 0.3 is 0 Å². The number of hydrogen-bond donors (Lipinski definition) is 2. The Morgan fingerprint density at radius 1 is 1.32 bits per heavy atom. The number of hydrogen-bond acceptors (Lipinski definition) is 4. The molecule has 19 heavy (non-hydrogen) atoms. The standard InChI is InChI=1S/C14H22N4O/c1-15-8-7-14(19)17-13-6-5-12(11-16-13)18-9-3-2-4-10-18/h5-6,11,15H,2-4,7-10H2,1H3,(H,16,17,19). The molecule has 1 fully saturated rings. The number of amides is 1. The molecule has 0 atom stereocenters. The molecular formula is C14H22N4O. The van der Waals surface area contributed by atoms with Gasteiger partial charge in [-0.3, -0.25) is 4.79 Å². The molecule has 0 aromatic carbocycles. The van der Waals surface area contributed by atoms with Crippen LogP contribution in [0.1, 0.15) is 25.7 Å². The van der Waals surface area contributed by atoms with Crippen molar-refractivity contribution in [3.05, 3.63) is 18.3 Å². The molecule has 1 aromatic rings. The van der Waals surface area contributed by atoms with Crippen LogP contribution in [0.5, 0.6) is 0 Å². The van der Waals surface area contributed by atoms with E-state index in [2.05, 4.69) is 20.5 Å². The summed E-state index contributed by atoms with van der Waals surface area (Å²) in [6.45, 7) is 2.89. The smallest absolute Gasteiger partial charge is 0.226 e. The third-order valence-electron chi connectivity index (χ3n) is 3.34. The van der Waals surface area contributed by atoms with Crippen LogP contribution >= 0.6 is 0 Å². The van der Waals surface area contributed by atoms with Gasteiger partial charge in [0.15, 0.2) is 0 Å². The van der Waals surface area contributed by atoms with Crippen molar-refractivity contribution in [3.63, 3.8) is 0 Å². The Balaban J connectivity index is 1.88. The van der Waals surface area contributed by atoms with Crippen molar-refractivity contribution in [1.82, 2.24) is 10.3 Å². The Hall–Kier alpha value is -1.62. The lowest BCUT2D eigenvalue weighted by Gasteiger charge is -2.28. The molecule has 0 saturated carbocycles. The van der Waals surface area contributed by atoms with Gasteiger partial charge in [-0.1, -0.05) is 0 Å². The largest absolute Gasteiger partial charge is 0.370 e. The highest BCUT2D eigenvalue weighted by Gasteiger charge is 2.11. The van der Waals surface area contributed by atoms with Crippen LogP contribution in [0.15, 0.2) is 18.3 Å². The van der Waals surface area contributed by atoms with Crippen LogP contribution in [0.4, 0.5) is 11.5 Å². The molecule has 5 nitrogen and oxygen atoms in total. The molecule has 1 aromatic heterocycles. The Morgan fingerprint density at radius 2 is 2.11 bits per heavy atom. The predicted molar refractivity (Wildman–Crippen MR) is 77.5 cm³/mol. The minimum Gasteiger partial charge on any atom is -0.370 e. The van der Waals surface area contributed by atoms with E-state index in [-0.39, 0.29) is 5.91 Å².